The fourth-order valence-corrected chi connectivity index (χ4v) is 5.36. The second-order valence-corrected chi connectivity index (χ2v) is 8.40. The van der Waals surface area contributed by atoms with E-state index in [4.69, 9.17) is 4.74 Å². The van der Waals surface area contributed by atoms with Crippen LogP contribution in [0.3, 0.4) is 0 Å². The first-order valence-corrected chi connectivity index (χ1v) is 9.60. The van der Waals surface area contributed by atoms with Crippen molar-refractivity contribution in [1.82, 2.24) is 0 Å². The average molecular weight is 348 g/mol. The molecule has 2 nitrogen and oxygen atoms in total. The molecule has 0 bridgehead atoms. The van der Waals surface area contributed by atoms with E-state index in [0.29, 0.717) is 5.78 Å². The molecule has 136 valence electrons. The Morgan fingerprint density at radius 1 is 0.962 bits per heavy atom. The lowest BCUT2D eigenvalue weighted by Crippen LogP contribution is -2.40. The summed E-state index contributed by atoms with van der Waals surface area (Å²) in [5.41, 5.74) is 9.03. The Hall–Kier alpha value is -2.09. The van der Waals surface area contributed by atoms with Crippen LogP contribution in [-0.2, 0) is 10.2 Å². The summed E-state index contributed by atoms with van der Waals surface area (Å²) in [7, 11) is 1.74. The van der Waals surface area contributed by atoms with Gasteiger partial charge < -0.3 is 4.74 Å². The molecule has 2 atom stereocenters. The van der Waals surface area contributed by atoms with Crippen LogP contribution in [0.2, 0.25) is 0 Å². The number of para-hydroxylation sites is 1. The molecule has 0 heterocycles. The van der Waals surface area contributed by atoms with Gasteiger partial charge in [-0.15, -0.1) is 0 Å². The molecule has 26 heavy (non-hydrogen) atoms. The first-order chi connectivity index (χ1) is 12.4. The van der Waals surface area contributed by atoms with Crippen LogP contribution < -0.4 is 4.74 Å². The molecule has 0 N–H and O–H groups in total. The van der Waals surface area contributed by atoms with E-state index < -0.39 is 0 Å². The maximum absolute atomic E-state index is 13.5. The van der Waals surface area contributed by atoms with Crippen molar-refractivity contribution in [2.24, 2.45) is 5.92 Å². The zero-order chi connectivity index (χ0) is 18.6. The SMILES string of the molecule is COc1ccccc1C12CC(C)=C(C)CC1C(=O)C1=C2CC(C)=C(C)C1. The minimum atomic E-state index is -0.232. The number of hydrogen-bond acceptors (Lipinski definition) is 2. The number of carbonyl (C=O) groups is 1. The predicted molar refractivity (Wildman–Crippen MR) is 105 cm³/mol. The summed E-state index contributed by atoms with van der Waals surface area (Å²) in [6.45, 7) is 8.84. The number of rotatable bonds is 2. The standard InChI is InChI=1S/C24H28O2/c1-14-10-18-20(11-15(14)2)24(19-8-6-7-9-22(19)26-5)13-17(4)16(3)12-21(24)23(18)25/h6-9,21H,10-13H2,1-5H3. The quantitative estimate of drug-likeness (QED) is 0.642. The van der Waals surface area contributed by atoms with E-state index in [1.165, 1.54) is 33.4 Å². The number of ether oxygens (including phenoxy) is 1. The van der Waals surface area contributed by atoms with E-state index in [0.717, 1.165) is 37.0 Å². The molecule has 3 aliphatic carbocycles. The fourth-order valence-electron chi connectivity index (χ4n) is 5.36. The number of hydrogen-bond donors (Lipinski definition) is 0. The average Bonchev–Trinajstić information content (AvgIpc) is 2.85. The van der Waals surface area contributed by atoms with Gasteiger partial charge in [-0.2, -0.15) is 0 Å². The summed E-state index contributed by atoms with van der Waals surface area (Å²) in [4.78, 5) is 13.5. The third kappa shape index (κ3) is 2.21. The van der Waals surface area contributed by atoms with Gasteiger partial charge in [0.25, 0.3) is 0 Å². The van der Waals surface area contributed by atoms with Gasteiger partial charge in [0.2, 0.25) is 0 Å². The highest BCUT2D eigenvalue weighted by Gasteiger charge is 2.57. The van der Waals surface area contributed by atoms with E-state index in [1.54, 1.807) is 7.11 Å². The van der Waals surface area contributed by atoms with Crippen LogP contribution in [0.4, 0.5) is 0 Å². The Morgan fingerprint density at radius 3 is 2.38 bits per heavy atom. The molecule has 1 aromatic rings. The van der Waals surface area contributed by atoms with Gasteiger partial charge in [-0.1, -0.05) is 40.5 Å². The number of carbonyl (C=O) groups excluding carboxylic acids is 1. The molecule has 0 spiro atoms. The maximum atomic E-state index is 13.5. The lowest BCUT2D eigenvalue weighted by molar-refractivity contribution is -0.119. The topological polar surface area (TPSA) is 26.3 Å². The number of fused-ring (bicyclic) bond motifs is 2. The van der Waals surface area contributed by atoms with Crippen molar-refractivity contribution in [1.29, 1.82) is 0 Å². The first-order valence-electron chi connectivity index (χ1n) is 9.60. The summed E-state index contributed by atoms with van der Waals surface area (Å²) < 4.78 is 5.76. The van der Waals surface area contributed by atoms with Crippen molar-refractivity contribution in [3.05, 3.63) is 63.3 Å². The van der Waals surface area contributed by atoms with Crippen LogP contribution in [0.15, 0.2) is 57.7 Å². The molecule has 0 saturated carbocycles. The van der Waals surface area contributed by atoms with E-state index in [2.05, 4.69) is 39.8 Å². The molecule has 0 radical (unpaired) electrons. The molecule has 0 aliphatic heterocycles. The molecule has 1 aromatic carbocycles. The molecular weight excluding hydrogens is 320 g/mol. The smallest absolute Gasteiger partial charge is 0.163 e. The number of ketones is 1. The van der Waals surface area contributed by atoms with Gasteiger partial charge in [0, 0.05) is 16.9 Å². The molecule has 2 unspecified atom stereocenters. The maximum Gasteiger partial charge on any atom is 0.163 e. The number of allylic oxidation sites excluding steroid dienone is 6. The van der Waals surface area contributed by atoms with Crippen molar-refractivity contribution in [3.63, 3.8) is 0 Å². The van der Waals surface area contributed by atoms with Crippen LogP contribution >= 0.6 is 0 Å². The Bertz CT molecular complexity index is 897. The lowest BCUT2D eigenvalue weighted by Gasteiger charge is -2.43. The van der Waals surface area contributed by atoms with Gasteiger partial charge in [0.05, 0.1) is 7.11 Å². The molecule has 3 aliphatic rings. The normalized spacial score (nSPS) is 28.5. The summed E-state index contributed by atoms with van der Waals surface area (Å²) in [6.07, 6.45) is 3.55. The summed E-state index contributed by atoms with van der Waals surface area (Å²) in [5.74, 6) is 1.31. The Labute approximate surface area is 156 Å². The third-order valence-electron chi connectivity index (χ3n) is 7.09. The van der Waals surface area contributed by atoms with Crippen molar-refractivity contribution in [2.75, 3.05) is 7.11 Å². The largest absolute Gasteiger partial charge is 0.496 e. The second kappa shape index (κ2) is 5.97. The molecule has 0 aromatic heterocycles. The van der Waals surface area contributed by atoms with E-state index in [9.17, 15) is 4.79 Å². The summed E-state index contributed by atoms with van der Waals surface area (Å²) >= 11 is 0. The minimum absolute atomic E-state index is 0.0196. The van der Waals surface area contributed by atoms with Crippen molar-refractivity contribution < 1.29 is 9.53 Å². The number of methoxy groups -OCH3 is 1. The van der Waals surface area contributed by atoms with E-state index in [1.807, 2.05) is 12.1 Å². The van der Waals surface area contributed by atoms with Gasteiger partial charge in [0.15, 0.2) is 5.78 Å². The summed E-state index contributed by atoms with van der Waals surface area (Å²) in [5, 5.41) is 0. The minimum Gasteiger partial charge on any atom is -0.496 e. The van der Waals surface area contributed by atoms with E-state index >= 15 is 0 Å². The molecular formula is C24H28O2. The highest BCUT2D eigenvalue weighted by molar-refractivity contribution is 6.04. The molecule has 4 rings (SSSR count). The zero-order valence-corrected chi connectivity index (χ0v) is 16.5. The van der Waals surface area contributed by atoms with Crippen LogP contribution in [-0.4, -0.2) is 12.9 Å². The van der Waals surface area contributed by atoms with Gasteiger partial charge >= 0.3 is 0 Å². The predicted octanol–water partition coefficient (Wildman–Crippen LogP) is 5.69. The molecule has 0 fully saturated rings. The van der Waals surface area contributed by atoms with Crippen LogP contribution in [0.5, 0.6) is 5.75 Å². The fraction of sp³-hybridized carbons (Fsp3) is 0.458. The van der Waals surface area contributed by atoms with Crippen molar-refractivity contribution >= 4 is 5.78 Å². The Kier molecular flexibility index (Phi) is 3.98. The monoisotopic (exact) mass is 348 g/mol. The molecule has 2 heteroatoms. The molecule has 0 amide bonds. The summed E-state index contributed by atoms with van der Waals surface area (Å²) in [6, 6.07) is 8.34. The van der Waals surface area contributed by atoms with Crippen molar-refractivity contribution in [3.8, 4) is 5.75 Å². The lowest BCUT2D eigenvalue weighted by atomic mass is 9.59. The second-order valence-electron chi connectivity index (χ2n) is 8.40. The zero-order valence-electron chi connectivity index (χ0n) is 16.5. The van der Waals surface area contributed by atoms with E-state index in [-0.39, 0.29) is 11.3 Å². The van der Waals surface area contributed by atoms with Crippen molar-refractivity contribution in [2.45, 2.75) is 58.8 Å². The van der Waals surface area contributed by atoms with Gasteiger partial charge in [-0.25, -0.2) is 0 Å². The van der Waals surface area contributed by atoms with Crippen LogP contribution in [0, 0.1) is 5.92 Å². The molecule has 0 saturated heterocycles. The Balaban J connectivity index is 1.99. The van der Waals surface area contributed by atoms with Gasteiger partial charge in [-0.3, -0.25) is 4.79 Å². The number of benzene rings is 1. The van der Waals surface area contributed by atoms with Crippen LogP contribution in [0.25, 0.3) is 0 Å². The third-order valence-corrected chi connectivity index (χ3v) is 7.09. The highest BCUT2D eigenvalue weighted by atomic mass is 16.5. The first kappa shape index (κ1) is 17.3. The van der Waals surface area contributed by atoms with Gasteiger partial charge in [0.1, 0.15) is 5.75 Å². The highest BCUT2D eigenvalue weighted by Crippen LogP contribution is 2.61. The van der Waals surface area contributed by atoms with Gasteiger partial charge in [-0.05, 0) is 70.6 Å². The Morgan fingerprint density at radius 2 is 1.65 bits per heavy atom. The van der Waals surface area contributed by atoms with Crippen LogP contribution in [0.1, 0.15) is 58.9 Å². The number of Topliss-reactive ketones (excluding diaryl/α,β-unsaturated/α-hetero) is 1.